The molecule has 0 bridgehead atoms. The predicted octanol–water partition coefficient (Wildman–Crippen LogP) is 6.88. The van der Waals surface area contributed by atoms with Gasteiger partial charge in [-0.15, -0.1) is 0 Å². The van der Waals surface area contributed by atoms with E-state index in [4.69, 9.17) is 0 Å². The van der Waals surface area contributed by atoms with Crippen LogP contribution in [-0.4, -0.2) is 88.1 Å². The summed E-state index contributed by atoms with van der Waals surface area (Å²) in [7, 11) is 4.00. The Balaban J connectivity index is 0.000000180. The molecule has 0 unspecified atom stereocenters. The summed E-state index contributed by atoms with van der Waals surface area (Å²) in [6, 6.07) is 42.5. The number of hydrogen-bond acceptors (Lipinski definition) is 11. The number of carbonyl (C=O) groups excluding carboxylic acids is 2. The zero-order chi connectivity index (χ0) is 41.1. The Bertz CT molecular complexity index is 2340. The van der Waals surface area contributed by atoms with Gasteiger partial charge in [-0.1, -0.05) is 102 Å². The van der Waals surface area contributed by atoms with Crippen molar-refractivity contribution in [3.8, 4) is 12.1 Å². The number of piperazine rings is 2. The first kappa shape index (κ1) is 41.0. The van der Waals surface area contributed by atoms with Gasteiger partial charge in [-0.25, -0.2) is 0 Å². The number of rotatable bonds is 7. The maximum atomic E-state index is 13.2. The third-order valence-corrected chi connectivity index (χ3v) is 12.0. The van der Waals surface area contributed by atoms with Gasteiger partial charge < -0.3 is 35.1 Å². The lowest BCUT2D eigenvalue weighted by molar-refractivity contribution is -0.128. The van der Waals surface area contributed by atoms with Crippen LogP contribution in [0, 0.1) is 22.7 Å². The summed E-state index contributed by atoms with van der Waals surface area (Å²) in [5, 5.41) is 31.7. The summed E-state index contributed by atoms with van der Waals surface area (Å²) in [5.74, 6) is -0.403. The van der Waals surface area contributed by atoms with Crippen LogP contribution in [-0.2, 0) is 9.59 Å². The molecule has 0 radical (unpaired) electrons. The number of para-hydroxylation sites is 1. The van der Waals surface area contributed by atoms with E-state index in [1.165, 1.54) is 23.5 Å². The molecule has 4 aliphatic rings. The van der Waals surface area contributed by atoms with Crippen LogP contribution in [0.3, 0.4) is 0 Å². The molecule has 0 spiro atoms. The Morgan fingerprint density at radius 2 is 0.932 bits per heavy atom. The zero-order valence-corrected chi connectivity index (χ0v) is 34.7. The highest BCUT2D eigenvalue weighted by Gasteiger charge is 2.34. The van der Waals surface area contributed by atoms with Gasteiger partial charge in [0.05, 0.1) is 11.4 Å². The van der Waals surface area contributed by atoms with Crippen LogP contribution in [0.5, 0.6) is 0 Å². The van der Waals surface area contributed by atoms with E-state index in [0.29, 0.717) is 36.2 Å². The highest BCUT2D eigenvalue weighted by atomic mass is 32.2. The third-order valence-electron chi connectivity index (χ3n) is 10.1. The van der Waals surface area contributed by atoms with E-state index < -0.39 is 0 Å². The van der Waals surface area contributed by atoms with Crippen molar-refractivity contribution in [3.05, 3.63) is 158 Å². The first-order valence-electron chi connectivity index (χ1n) is 19.5. The van der Waals surface area contributed by atoms with E-state index in [9.17, 15) is 20.1 Å². The van der Waals surface area contributed by atoms with E-state index in [0.717, 1.165) is 65.8 Å². The fourth-order valence-electron chi connectivity index (χ4n) is 7.02. The number of nitriles is 2. The van der Waals surface area contributed by atoms with E-state index in [-0.39, 0.29) is 23.0 Å². The van der Waals surface area contributed by atoms with Gasteiger partial charge in [0.15, 0.2) is 0 Å². The van der Waals surface area contributed by atoms with Crippen LogP contribution >= 0.6 is 23.5 Å². The standard InChI is InChI=1S/C24H25N5OS.C22H20N4OS/c1-27(2)19-8-10-20(11-9-19)29-22(18-6-4-3-5-7-18)17-31-24(29)21(16-25)23(30)28-14-12-26-13-15-28;23-15-19(21(27)25-13-11-24-12-14-25)22-26(18-9-5-2-6-10-18)20(16-28-22)17-7-3-1-4-8-17/h3-11,17,26H,12-15H2,1-2H3;1-10,16,24H,11-14H2. The molecule has 298 valence electrons. The molecule has 59 heavy (non-hydrogen) atoms. The Hall–Kier alpha value is -6.22. The lowest BCUT2D eigenvalue weighted by Crippen LogP contribution is -2.47. The maximum Gasteiger partial charge on any atom is 0.267 e. The van der Waals surface area contributed by atoms with Gasteiger partial charge >= 0.3 is 0 Å². The fourth-order valence-corrected chi connectivity index (χ4v) is 9.07. The molecule has 2 amide bonds. The van der Waals surface area contributed by atoms with Crippen molar-refractivity contribution >= 4 is 63.8 Å². The molecule has 11 nitrogen and oxygen atoms in total. The van der Waals surface area contributed by atoms with Gasteiger partial charge in [0, 0.05) is 94.3 Å². The average molecular weight is 820 g/mol. The van der Waals surface area contributed by atoms with Crippen molar-refractivity contribution in [2.24, 2.45) is 0 Å². The first-order chi connectivity index (χ1) is 28.9. The van der Waals surface area contributed by atoms with Gasteiger partial charge in [0.2, 0.25) is 0 Å². The number of hydrogen-bond donors (Lipinski definition) is 2. The summed E-state index contributed by atoms with van der Waals surface area (Å²) in [6.07, 6.45) is 0. The minimum atomic E-state index is -0.205. The van der Waals surface area contributed by atoms with Gasteiger partial charge in [-0.05, 0) is 47.5 Å². The highest BCUT2D eigenvalue weighted by molar-refractivity contribution is 8.06. The number of benzene rings is 4. The smallest absolute Gasteiger partial charge is 0.267 e. The number of nitrogens with zero attached hydrogens (tertiary/aromatic N) is 7. The molecule has 0 aromatic heterocycles. The molecule has 4 heterocycles. The monoisotopic (exact) mass is 819 g/mol. The van der Waals surface area contributed by atoms with E-state index in [1.54, 1.807) is 9.80 Å². The van der Waals surface area contributed by atoms with Gasteiger partial charge in [0.25, 0.3) is 11.8 Å². The van der Waals surface area contributed by atoms with Crippen LogP contribution in [0.15, 0.2) is 147 Å². The Morgan fingerprint density at radius 3 is 1.31 bits per heavy atom. The largest absolute Gasteiger partial charge is 0.378 e. The number of nitrogens with one attached hydrogen (secondary N) is 2. The molecular weight excluding hydrogens is 775 g/mol. The van der Waals surface area contributed by atoms with Crippen molar-refractivity contribution in [3.63, 3.8) is 0 Å². The van der Waals surface area contributed by atoms with Crippen molar-refractivity contribution in [1.82, 2.24) is 20.4 Å². The molecule has 2 N–H and O–H groups in total. The third kappa shape index (κ3) is 9.25. The van der Waals surface area contributed by atoms with E-state index in [2.05, 4.69) is 22.8 Å². The van der Waals surface area contributed by atoms with Crippen molar-refractivity contribution in [1.29, 1.82) is 10.5 Å². The molecule has 0 aliphatic carbocycles. The van der Waals surface area contributed by atoms with Crippen LogP contribution in [0.1, 0.15) is 11.1 Å². The van der Waals surface area contributed by atoms with E-state index >= 15 is 0 Å². The second kappa shape index (κ2) is 19.5. The average Bonchev–Trinajstić information content (AvgIpc) is 3.94. The predicted molar refractivity (Wildman–Crippen MR) is 240 cm³/mol. The molecule has 2 fully saturated rings. The van der Waals surface area contributed by atoms with E-state index in [1.807, 2.05) is 155 Å². The summed E-state index contributed by atoms with van der Waals surface area (Å²) < 4.78 is 0. The number of carbonyl (C=O) groups is 2. The molecule has 4 aliphatic heterocycles. The molecule has 13 heteroatoms. The van der Waals surface area contributed by atoms with Gasteiger partial charge in [-0.2, -0.15) is 10.5 Å². The van der Waals surface area contributed by atoms with Crippen LogP contribution in [0.4, 0.5) is 17.1 Å². The van der Waals surface area contributed by atoms with Crippen molar-refractivity contribution in [2.75, 3.05) is 81.2 Å². The second-order valence-corrected chi connectivity index (χ2v) is 15.8. The molecule has 0 saturated carbocycles. The lowest BCUT2D eigenvalue weighted by Gasteiger charge is -2.29. The summed E-state index contributed by atoms with van der Waals surface area (Å²) in [6.45, 7) is 5.45. The SMILES string of the molecule is CN(C)c1ccc(N2C(c3ccccc3)=CSC2=C(C#N)C(=O)N2CCNCC2)cc1.N#CC(C(=O)N1CCNCC1)=C1SC=C(c2ccccc2)N1c1ccccc1. The Morgan fingerprint density at radius 1 is 0.559 bits per heavy atom. The highest BCUT2D eigenvalue weighted by Crippen LogP contribution is 2.46. The quantitative estimate of drug-likeness (QED) is 0.150. The summed E-state index contributed by atoms with van der Waals surface area (Å²) >= 11 is 2.86. The summed E-state index contributed by atoms with van der Waals surface area (Å²) in [5.41, 5.74) is 7.31. The molecule has 4 aromatic rings. The molecule has 4 aromatic carbocycles. The first-order valence-corrected chi connectivity index (χ1v) is 21.2. The van der Waals surface area contributed by atoms with Crippen LogP contribution in [0.2, 0.25) is 0 Å². The second-order valence-electron chi connectivity index (χ2n) is 14.1. The minimum Gasteiger partial charge on any atom is -0.378 e. The Labute approximate surface area is 354 Å². The Kier molecular flexibility index (Phi) is 13.5. The molecule has 2 saturated heterocycles. The minimum absolute atomic E-state index is 0.186. The molecule has 8 rings (SSSR count). The topological polar surface area (TPSA) is 122 Å². The fraction of sp³-hybridized carbons (Fsp3) is 0.217. The zero-order valence-electron chi connectivity index (χ0n) is 33.0. The van der Waals surface area contributed by atoms with Crippen LogP contribution in [0.25, 0.3) is 11.4 Å². The summed E-state index contributed by atoms with van der Waals surface area (Å²) in [4.78, 5) is 35.9. The lowest BCUT2D eigenvalue weighted by atomic mass is 10.1. The van der Waals surface area contributed by atoms with Gasteiger partial charge in [0.1, 0.15) is 33.3 Å². The number of amides is 2. The normalized spacial score (nSPS) is 18.1. The number of thioether (sulfide) groups is 2. The molecule has 0 atom stereocenters. The number of anilines is 3. The van der Waals surface area contributed by atoms with Crippen molar-refractivity contribution in [2.45, 2.75) is 0 Å². The van der Waals surface area contributed by atoms with Gasteiger partial charge in [-0.3, -0.25) is 9.59 Å². The van der Waals surface area contributed by atoms with Crippen LogP contribution < -0.4 is 25.3 Å². The molecular formula is C46H45N9O2S2. The van der Waals surface area contributed by atoms with Crippen molar-refractivity contribution < 1.29 is 9.59 Å². The maximum absolute atomic E-state index is 13.2.